The average Bonchev–Trinajstić information content (AvgIpc) is 2.96. The highest BCUT2D eigenvalue weighted by Crippen LogP contribution is 2.26. The molecule has 1 heterocycles. The fourth-order valence-electron chi connectivity index (χ4n) is 1.77. The summed E-state index contributed by atoms with van der Waals surface area (Å²) in [7, 11) is 0. The van der Waals surface area contributed by atoms with E-state index >= 15 is 0 Å². The standard InChI is InChI=1S/C13H13N5O2S/c1-21-12-4-2-3-10(9(12)7-14)15-5-6-18-8-11(13(19)20)16-17-18/h2-4,8,15H,5-6H2,1H3,(H,19,20). The van der Waals surface area contributed by atoms with Gasteiger partial charge in [-0.25, -0.2) is 9.48 Å². The van der Waals surface area contributed by atoms with Gasteiger partial charge in [0.05, 0.1) is 24.0 Å². The van der Waals surface area contributed by atoms with Crippen molar-refractivity contribution in [2.75, 3.05) is 18.1 Å². The average molecular weight is 303 g/mol. The van der Waals surface area contributed by atoms with Crippen LogP contribution in [-0.2, 0) is 6.54 Å². The van der Waals surface area contributed by atoms with E-state index in [1.807, 2.05) is 24.5 Å². The van der Waals surface area contributed by atoms with Gasteiger partial charge in [0, 0.05) is 11.4 Å². The predicted molar refractivity (Wildman–Crippen MR) is 78.4 cm³/mol. The van der Waals surface area contributed by atoms with E-state index in [0.29, 0.717) is 18.7 Å². The highest BCUT2D eigenvalue weighted by atomic mass is 32.2. The van der Waals surface area contributed by atoms with E-state index in [1.165, 1.54) is 22.6 Å². The molecule has 0 aliphatic heterocycles. The molecule has 0 radical (unpaired) electrons. The van der Waals surface area contributed by atoms with Crippen LogP contribution in [0.25, 0.3) is 0 Å². The number of thioether (sulfide) groups is 1. The van der Waals surface area contributed by atoms with E-state index in [0.717, 1.165) is 10.6 Å². The fraction of sp³-hybridized carbons (Fsp3) is 0.231. The third kappa shape index (κ3) is 3.52. The molecule has 0 bridgehead atoms. The molecule has 2 N–H and O–H groups in total. The molecule has 7 nitrogen and oxygen atoms in total. The van der Waals surface area contributed by atoms with Crippen molar-refractivity contribution >= 4 is 23.4 Å². The first-order valence-electron chi connectivity index (χ1n) is 6.10. The van der Waals surface area contributed by atoms with Crippen LogP contribution in [-0.4, -0.2) is 38.9 Å². The Bertz CT molecular complexity index is 692. The number of aromatic nitrogens is 3. The Morgan fingerprint density at radius 2 is 2.38 bits per heavy atom. The number of anilines is 1. The van der Waals surface area contributed by atoms with Crippen LogP contribution in [0.1, 0.15) is 16.1 Å². The Labute approximate surface area is 125 Å². The van der Waals surface area contributed by atoms with Crippen LogP contribution in [0.5, 0.6) is 0 Å². The van der Waals surface area contributed by atoms with Crippen molar-refractivity contribution in [3.8, 4) is 6.07 Å². The van der Waals surface area contributed by atoms with Crippen LogP contribution in [0.15, 0.2) is 29.3 Å². The summed E-state index contributed by atoms with van der Waals surface area (Å²) in [5.41, 5.74) is 1.27. The van der Waals surface area contributed by atoms with Gasteiger partial charge in [0.2, 0.25) is 0 Å². The van der Waals surface area contributed by atoms with Gasteiger partial charge in [-0.05, 0) is 18.4 Å². The maximum atomic E-state index is 10.7. The zero-order chi connectivity index (χ0) is 15.2. The lowest BCUT2D eigenvalue weighted by Gasteiger charge is -2.10. The monoisotopic (exact) mass is 303 g/mol. The van der Waals surface area contributed by atoms with Crippen molar-refractivity contribution in [1.82, 2.24) is 15.0 Å². The number of nitrogens with zero attached hydrogens (tertiary/aromatic N) is 4. The molecule has 0 aliphatic carbocycles. The van der Waals surface area contributed by atoms with Crippen LogP contribution in [0.2, 0.25) is 0 Å². The lowest BCUT2D eigenvalue weighted by Crippen LogP contribution is -2.12. The first kappa shape index (κ1) is 14.9. The Morgan fingerprint density at radius 1 is 1.57 bits per heavy atom. The molecule has 0 saturated heterocycles. The minimum Gasteiger partial charge on any atom is -0.476 e. The fourth-order valence-corrected chi connectivity index (χ4v) is 2.35. The molecule has 108 valence electrons. The van der Waals surface area contributed by atoms with Crippen molar-refractivity contribution < 1.29 is 9.90 Å². The molecule has 0 saturated carbocycles. The van der Waals surface area contributed by atoms with Crippen molar-refractivity contribution in [1.29, 1.82) is 5.26 Å². The van der Waals surface area contributed by atoms with Gasteiger partial charge in [-0.2, -0.15) is 5.26 Å². The van der Waals surface area contributed by atoms with E-state index in [4.69, 9.17) is 5.11 Å². The third-order valence-electron chi connectivity index (χ3n) is 2.77. The van der Waals surface area contributed by atoms with E-state index in [-0.39, 0.29) is 5.69 Å². The molecular weight excluding hydrogens is 290 g/mol. The lowest BCUT2D eigenvalue weighted by molar-refractivity contribution is 0.0690. The van der Waals surface area contributed by atoms with E-state index in [2.05, 4.69) is 21.7 Å². The number of hydrogen-bond acceptors (Lipinski definition) is 6. The molecule has 2 rings (SSSR count). The van der Waals surface area contributed by atoms with Crippen molar-refractivity contribution in [2.24, 2.45) is 0 Å². The maximum Gasteiger partial charge on any atom is 0.358 e. The summed E-state index contributed by atoms with van der Waals surface area (Å²) in [6.45, 7) is 0.962. The van der Waals surface area contributed by atoms with Gasteiger partial charge in [0.25, 0.3) is 0 Å². The van der Waals surface area contributed by atoms with Crippen LogP contribution in [0, 0.1) is 11.3 Å². The SMILES string of the molecule is CSc1cccc(NCCn2cc(C(=O)O)nn2)c1C#N. The number of nitriles is 1. The highest BCUT2D eigenvalue weighted by Gasteiger charge is 2.09. The molecule has 1 aromatic heterocycles. The molecule has 0 atom stereocenters. The molecule has 1 aromatic carbocycles. The zero-order valence-corrected chi connectivity index (χ0v) is 12.1. The van der Waals surface area contributed by atoms with Crippen LogP contribution in [0.4, 0.5) is 5.69 Å². The summed E-state index contributed by atoms with van der Waals surface area (Å²) < 4.78 is 1.45. The minimum absolute atomic E-state index is 0.0860. The number of rotatable bonds is 6. The second kappa shape index (κ2) is 6.76. The van der Waals surface area contributed by atoms with Crippen LogP contribution < -0.4 is 5.32 Å². The van der Waals surface area contributed by atoms with E-state index in [9.17, 15) is 10.1 Å². The maximum absolute atomic E-state index is 10.7. The molecule has 0 amide bonds. The van der Waals surface area contributed by atoms with Gasteiger partial charge < -0.3 is 10.4 Å². The Morgan fingerprint density at radius 3 is 3.00 bits per heavy atom. The third-order valence-corrected chi connectivity index (χ3v) is 3.55. The summed E-state index contributed by atoms with van der Waals surface area (Å²) in [4.78, 5) is 11.6. The normalized spacial score (nSPS) is 10.1. The van der Waals surface area contributed by atoms with Gasteiger partial charge >= 0.3 is 5.97 Å². The van der Waals surface area contributed by atoms with Crippen molar-refractivity contribution in [2.45, 2.75) is 11.4 Å². The van der Waals surface area contributed by atoms with Gasteiger partial charge in [-0.1, -0.05) is 11.3 Å². The highest BCUT2D eigenvalue weighted by molar-refractivity contribution is 7.98. The summed E-state index contributed by atoms with van der Waals surface area (Å²) in [6, 6.07) is 7.80. The van der Waals surface area contributed by atoms with Gasteiger partial charge in [0.15, 0.2) is 5.69 Å². The Balaban J connectivity index is 2.00. The number of aromatic carboxylic acids is 1. The number of carbonyl (C=O) groups is 1. The molecule has 2 aromatic rings. The molecule has 0 unspecified atom stereocenters. The molecule has 0 fully saturated rings. The van der Waals surface area contributed by atoms with Crippen molar-refractivity contribution in [3.05, 3.63) is 35.7 Å². The van der Waals surface area contributed by atoms with Crippen LogP contribution in [0.3, 0.4) is 0 Å². The molecular formula is C13H13N5O2S. The molecule has 0 aliphatic rings. The lowest BCUT2D eigenvalue weighted by atomic mass is 10.2. The first-order chi connectivity index (χ1) is 10.2. The summed E-state index contributed by atoms with van der Waals surface area (Å²) in [5, 5.41) is 28.4. The van der Waals surface area contributed by atoms with Gasteiger partial charge in [-0.15, -0.1) is 16.9 Å². The molecule has 0 spiro atoms. The quantitative estimate of drug-likeness (QED) is 0.782. The number of nitrogens with one attached hydrogen (secondary N) is 1. The summed E-state index contributed by atoms with van der Waals surface area (Å²) >= 11 is 1.52. The Hall–Kier alpha value is -2.53. The Kier molecular flexibility index (Phi) is 4.79. The van der Waals surface area contributed by atoms with Crippen molar-refractivity contribution in [3.63, 3.8) is 0 Å². The summed E-state index contributed by atoms with van der Waals surface area (Å²) in [6.07, 6.45) is 3.29. The second-order valence-corrected chi connectivity index (χ2v) is 4.94. The van der Waals surface area contributed by atoms with E-state index < -0.39 is 5.97 Å². The number of benzene rings is 1. The van der Waals surface area contributed by atoms with Gasteiger partial charge in [0.1, 0.15) is 6.07 Å². The second-order valence-electron chi connectivity index (χ2n) is 4.09. The largest absolute Gasteiger partial charge is 0.476 e. The smallest absolute Gasteiger partial charge is 0.358 e. The number of carboxylic acids is 1. The first-order valence-corrected chi connectivity index (χ1v) is 7.32. The predicted octanol–water partition coefficient (Wildman–Crippen LogP) is 1.68. The van der Waals surface area contributed by atoms with E-state index in [1.54, 1.807) is 0 Å². The number of carboxylic acid groups (broad SMARTS) is 1. The minimum atomic E-state index is -1.10. The van der Waals surface area contributed by atoms with Gasteiger partial charge in [-0.3, -0.25) is 0 Å². The zero-order valence-electron chi connectivity index (χ0n) is 11.3. The molecule has 8 heteroatoms. The van der Waals surface area contributed by atoms with Crippen LogP contribution >= 0.6 is 11.8 Å². The number of hydrogen-bond donors (Lipinski definition) is 2. The summed E-state index contributed by atoms with van der Waals surface area (Å²) in [5.74, 6) is -1.10. The topological polar surface area (TPSA) is 104 Å². The molecule has 21 heavy (non-hydrogen) atoms.